The van der Waals surface area contributed by atoms with Gasteiger partial charge in [0.25, 0.3) is 0 Å². The molecule has 0 N–H and O–H groups in total. The molecule has 1 atom stereocenters. The smallest absolute Gasteiger partial charge is 0.347 e. The standard InChI is InChI=1S/C13H14O4/c1-7-4-9-6-11(13(15)16-3)17-12(14)10(9)5-8(7)2/h4-5,11H,6H2,1-3H3. The molecule has 4 nitrogen and oxygen atoms in total. The number of hydrogen-bond donors (Lipinski definition) is 0. The molecule has 17 heavy (non-hydrogen) atoms. The molecule has 1 heterocycles. The van der Waals surface area contributed by atoms with E-state index in [4.69, 9.17) is 4.74 Å². The fourth-order valence-electron chi connectivity index (χ4n) is 1.93. The summed E-state index contributed by atoms with van der Waals surface area (Å²) in [5.41, 5.74) is 3.53. The van der Waals surface area contributed by atoms with E-state index in [0.717, 1.165) is 16.7 Å². The Kier molecular flexibility index (Phi) is 2.88. The number of benzene rings is 1. The molecule has 2 rings (SSSR count). The molecule has 4 heteroatoms. The van der Waals surface area contributed by atoms with Crippen molar-refractivity contribution in [2.75, 3.05) is 7.11 Å². The highest BCUT2D eigenvalue weighted by molar-refractivity contribution is 5.95. The number of cyclic esters (lactones) is 1. The number of hydrogen-bond acceptors (Lipinski definition) is 4. The molecule has 1 aromatic carbocycles. The second kappa shape index (κ2) is 4.20. The Labute approximate surface area is 99.5 Å². The zero-order valence-electron chi connectivity index (χ0n) is 10.1. The average Bonchev–Trinajstić information content (AvgIpc) is 2.30. The van der Waals surface area contributed by atoms with Gasteiger partial charge in [-0.3, -0.25) is 0 Å². The van der Waals surface area contributed by atoms with Gasteiger partial charge in [0.15, 0.2) is 0 Å². The number of rotatable bonds is 1. The van der Waals surface area contributed by atoms with Gasteiger partial charge in [-0.1, -0.05) is 6.07 Å². The molecule has 0 fully saturated rings. The Morgan fingerprint density at radius 1 is 1.35 bits per heavy atom. The largest absolute Gasteiger partial charge is 0.466 e. The third-order valence-electron chi connectivity index (χ3n) is 3.06. The van der Waals surface area contributed by atoms with Crippen molar-refractivity contribution < 1.29 is 19.1 Å². The van der Waals surface area contributed by atoms with Crippen molar-refractivity contribution in [1.82, 2.24) is 0 Å². The quantitative estimate of drug-likeness (QED) is 0.692. The number of fused-ring (bicyclic) bond motifs is 1. The summed E-state index contributed by atoms with van der Waals surface area (Å²) in [6.07, 6.45) is -0.434. The molecule has 0 aliphatic carbocycles. The first kappa shape index (κ1) is 11.6. The van der Waals surface area contributed by atoms with Crippen LogP contribution in [-0.4, -0.2) is 25.2 Å². The number of ether oxygens (including phenoxy) is 2. The molecule has 0 saturated heterocycles. The summed E-state index contributed by atoms with van der Waals surface area (Å²) in [4.78, 5) is 23.1. The lowest BCUT2D eigenvalue weighted by molar-refractivity contribution is -0.151. The van der Waals surface area contributed by atoms with Crippen LogP contribution >= 0.6 is 0 Å². The molecule has 0 saturated carbocycles. The van der Waals surface area contributed by atoms with Crippen molar-refractivity contribution >= 4 is 11.9 Å². The number of carbonyl (C=O) groups is 2. The van der Waals surface area contributed by atoms with Crippen molar-refractivity contribution in [2.24, 2.45) is 0 Å². The monoisotopic (exact) mass is 234 g/mol. The van der Waals surface area contributed by atoms with E-state index in [9.17, 15) is 9.59 Å². The van der Waals surface area contributed by atoms with Gasteiger partial charge in [-0.15, -0.1) is 0 Å². The SMILES string of the molecule is COC(=O)C1Cc2cc(C)c(C)cc2C(=O)O1. The summed E-state index contributed by atoms with van der Waals surface area (Å²) in [6, 6.07) is 3.74. The maximum atomic E-state index is 11.7. The maximum Gasteiger partial charge on any atom is 0.347 e. The van der Waals surface area contributed by atoms with Crippen LogP contribution in [-0.2, 0) is 20.7 Å². The van der Waals surface area contributed by atoms with Crippen LogP contribution in [0.15, 0.2) is 12.1 Å². The van der Waals surface area contributed by atoms with Gasteiger partial charge >= 0.3 is 11.9 Å². The van der Waals surface area contributed by atoms with Crippen LogP contribution in [0.25, 0.3) is 0 Å². The summed E-state index contributed by atoms with van der Waals surface area (Å²) < 4.78 is 9.64. The number of carbonyl (C=O) groups excluding carboxylic acids is 2. The first-order chi connectivity index (χ1) is 8.02. The summed E-state index contributed by atoms with van der Waals surface area (Å²) in [5.74, 6) is -0.966. The van der Waals surface area contributed by atoms with Gasteiger partial charge in [-0.2, -0.15) is 0 Å². The fraction of sp³-hybridized carbons (Fsp3) is 0.385. The van der Waals surface area contributed by atoms with Gasteiger partial charge < -0.3 is 9.47 Å². The van der Waals surface area contributed by atoms with Gasteiger partial charge in [-0.25, -0.2) is 9.59 Å². The van der Waals surface area contributed by atoms with Gasteiger partial charge in [0.1, 0.15) is 0 Å². The molecular formula is C13H14O4. The lowest BCUT2D eigenvalue weighted by Crippen LogP contribution is -2.35. The zero-order valence-corrected chi connectivity index (χ0v) is 10.1. The van der Waals surface area contributed by atoms with E-state index in [-0.39, 0.29) is 0 Å². The summed E-state index contributed by atoms with van der Waals surface area (Å²) in [6.45, 7) is 3.91. The minimum absolute atomic E-state index is 0.384. The molecule has 0 aromatic heterocycles. The van der Waals surface area contributed by atoms with Crippen molar-refractivity contribution in [1.29, 1.82) is 0 Å². The predicted octanol–water partition coefficient (Wildman–Crippen LogP) is 1.56. The van der Waals surface area contributed by atoms with Crippen LogP contribution in [0, 0.1) is 13.8 Å². The van der Waals surface area contributed by atoms with E-state index in [1.165, 1.54) is 7.11 Å². The lowest BCUT2D eigenvalue weighted by atomic mass is 9.94. The third-order valence-corrected chi connectivity index (χ3v) is 3.06. The topological polar surface area (TPSA) is 52.6 Å². The fourth-order valence-corrected chi connectivity index (χ4v) is 1.93. The highest BCUT2D eigenvalue weighted by Gasteiger charge is 2.32. The number of esters is 2. The highest BCUT2D eigenvalue weighted by atomic mass is 16.6. The first-order valence-electron chi connectivity index (χ1n) is 5.42. The van der Waals surface area contributed by atoms with Crippen molar-refractivity contribution in [3.05, 3.63) is 34.4 Å². The molecular weight excluding hydrogens is 220 g/mol. The van der Waals surface area contributed by atoms with Gasteiger partial charge in [0, 0.05) is 6.42 Å². The molecule has 1 unspecified atom stereocenters. The van der Waals surface area contributed by atoms with E-state index in [2.05, 4.69) is 4.74 Å². The molecule has 1 aliphatic rings. The second-order valence-electron chi connectivity index (χ2n) is 4.21. The van der Waals surface area contributed by atoms with E-state index in [1.807, 2.05) is 19.9 Å². The average molecular weight is 234 g/mol. The first-order valence-corrected chi connectivity index (χ1v) is 5.42. The molecule has 1 aliphatic heterocycles. The molecule has 90 valence electrons. The van der Waals surface area contributed by atoms with E-state index >= 15 is 0 Å². The molecule has 0 spiro atoms. The molecule has 0 bridgehead atoms. The van der Waals surface area contributed by atoms with Gasteiger partial charge in [-0.05, 0) is 36.6 Å². The zero-order chi connectivity index (χ0) is 12.6. The van der Waals surface area contributed by atoms with Crippen molar-refractivity contribution in [2.45, 2.75) is 26.4 Å². The van der Waals surface area contributed by atoms with Crippen LogP contribution in [0.4, 0.5) is 0 Å². The summed E-state index contributed by atoms with van der Waals surface area (Å²) >= 11 is 0. The summed E-state index contributed by atoms with van der Waals surface area (Å²) in [5, 5.41) is 0. The van der Waals surface area contributed by atoms with E-state index in [0.29, 0.717) is 12.0 Å². The van der Waals surface area contributed by atoms with Gasteiger partial charge in [0.2, 0.25) is 6.10 Å². The molecule has 0 radical (unpaired) electrons. The van der Waals surface area contributed by atoms with Crippen molar-refractivity contribution in [3.8, 4) is 0 Å². The Balaban J connectivity index is 2.39. The molecule has 0 amide bonds. The summed E-state index contributed by atoms with van der Waals surface area (Å²) in [7, 11) is 1.28. The van der Waals surface area contributed by atoms with Crippen molar-refractivity contribution in [3.63, 3.8) is 0 Å². The van der Waals surface area contributed by atoms with E-state index in [1.54, 1.807) is 6.07 Å². The number of aryl methyl sites for hydroxylation is 2. The highest BCUT2D eigenvalue weighted by Crippen LogP contribution is 2.24. The Bertz CT molecular complexity index is 490. The van der Waals surface area contributed by atoms with Crippen LogP contribution in [0.1, 0.15) is 27.0 Å². The Hall–Kier alpha value is -1.84. The maximum absolute atomic E-state index is 11.7. The Morgan fingerprint density at radius 2 is 2.00 bits per heavy atom. The van der Waals surface area contributed by atoms with Crippen LogP contribution in [0.5, 0.6) is 0 Å². The van der Waals surface area contributed by atoms with Crippen LogP contribution < -0.4 is 0 Å². The number of methoxy groups -OCH3 is 1. The predicted molar refractivity (Wildman–Crippen MR) is 60.8 cm³/mol. The molecule has 1 aromatic rings. The van der Waals surface area contributed by atoms with Crippen LogP contribution in [0.2, 0.25) is 0 Å². The second-order valence-corrected chi connectivity index (χ2v) is 4.21. The lowest BCUT2D eigenvalue weighted by Gasteiger charge is -2.23. The van der Waals surface area contributed by atoms with Gasteiger partial charge in [0.05, 0.1) is 12.7 Å². The third kappa shape index (κ3) is 2.02. The Morgan fingerprint density at radius 3 is 2.65 bits per heavy atom. The normalized spacial score (nSPS) is 18.3. The van der Waals surface area contributed by atoms with Crippen LogP contribution in [0.3, 0.4) is 0 Å². The minimum atomic E-state index is -0.817. The van der Waals surface area contributed by atoms with E-state index < -0.39 is 18.0 Å². The minimum Gasteiger partial charge on any atom is -0.466 e.